The maximum Gasteiger partial charge on any atom is 0.0955 e. The van der Waals surface area contributed by atoms with Crippen molar-refractivity contribution >= 4 is 17.3 Å². The first kappa shape index (κ1) is 11.3. The average molecular weight is 215 g/mol. The second-order valence-electron chi connectivity index (χ2n) is 3.30. The van der Waals surface area contributed by atoms with Gasteiger partial charge in [0.1, 0.15) is 0 Å². The third-order valence-electron chi connectivity index (χ3n) is 2.22. The Morgan fingerprint density at radius 2 is 2.14 bits per heavy atom. The number of aliphatic hydroxyl groups excluding tert-OH is 1. The summed E-state index contributed by atoms with van der Waals surface area (Å²) in [7, 11) is 0. The van der Waals surface area contributed by atoms with Crippen LogP contribution in [0, 0.1) is 0 Å². The number of hydrogen-bond donors (Lipinski definition) is 3. The molecule has 0 radical (unpaired) electrons. The molecule has 0 saturated carbocycles. The quantitative estimate of drug-likeness (QED) is 0.671. The van der Waals surface area contributed by atoms with Crippen molar-refractivity contribution < 1.29 is 5.11 Å². The molecule has 1 aromatic rings. The summed E-state index contributed by atoms with van der Waals surface area (Å²) in [5, 5.41) is 10.3. The van der Waals surface area contributed by atoms with Crippen molar-refractivity contribution in [3.63, 3.8) is 0 Å². The molecule has 4 heteroatoms. The van der Waals surface area contributed by atoms with Gasteiger partial charge in [-0.15, -0.1) is 0 Å². The monoisotopic (exact) mass is 214 g/mol. The molecule has 0 bridgehead atoms. The van der Waals surface area contributed by atoms with E-state index in [1.165, 1.54) is 0 Å². The Balaban J connectivity index is 2.95. The third kappa shape index (κ3) is 2.38. The minimum Gasteiger partial charge on any atom is -0.399 e. The summed E-state index contributed by atoms with van der Waals surface area (Å²) >= 11 is 5.93. The number of benzene rings is 1. The Labute approximate surface area is 88.7 Å². The van der Waals surface area contributed by atoms with Crippen molar-refractivity contribution in [2.75, 3.05) is 5.73 Å². The molecule has 1 aromatic carbocycles. The van der Waals surface area contributed by atoms with Crippen LogP contribution in [0.5, 0.6) is 0 Å². The molecule has 78 valence electrons. The molecule has 0 aromatic heterocycles. The number of anilines is 1. The molecule has 0 aliphatic rings. The topological polar surface area (TPSA) is 72.3 Å². The summed E-state index contributed by atoms with van der Waals surface area (Å²) in [5.41, 5.74) is 12.5. The van der Waals surface area contributed by atoms with Gasteiger partial charge in [-0.1, -0.05) is 24.6 Å². The van der Waals surface area contributed by atoms with Crippen molar-refractivity contribution in [2.45, 2.75) is 25.5 Å². The fourth-order valence-corrected chi connectivity index (χ4v) is 1.54. The van der Waals surface area contributed by atoms with Gasteiger partial charge < -0.3 is 16.6 Å². The molecule has 0 aliphatic heterocycles. The van der Waals surface area contributed by atoms with Crippen LogP contribution in [0.2, 0.25) is 5.02 Å². The summed E-state index contributed by atoms with van der Waals surface area (Å²) in [4.78, 5) is 0. The summed E-state index contributed by atoms with van der Waals surface area (Å²) in [6.45, 7) is 1.92. The van der Waals surface area contributed by atoms with E-state index in [1.807, 2.05) is 6.92 Å². The first-order chi connectivity index (χ1) is 6.56. The van der Waals surface area contributed by atoms with E-state index < -0.39 is 6.10 Å². The van der Waals surface area contributed by atoms with Gasteiger partial charge in [-0.05, 0) is 18.6 Å². The van der Waals surface area contributed by atoms with Gasteiger partial charge in [0.15, 0.2) is 0 Å². The smallest absolute Gasteiger partial charge is 0.0955 e. The van der Waals surface area contributed by atoms with E-state index in [2.05, 4.69) is 0 Å². The Morgan fingerprint density at radius 1 is 1.50 bits per heavy atom. The van der Waals surface area contributed by atoms with Gasteiger partial charge in [-0.2, -0.15) is 0 Å². The van der Waals surface area contributed by atoms with E-state index in [4.69, 9.17) is 23.1 Å². The van der Waals surface area contributed by atoms with Crippen LogP contribution in [0.1, 0.15) is 25.0 Å². The Morgan fingerprint density at radius 3 is 2.64 bits per heavy atom. The molecule has 2 unspecified atom stereocenters. The predicted molar refractivity (Wildman–Crippen MR) is 59.1 cm³/mol. The van der Waals surface area contributed by atoms with Crippen LogP contribution in [0.25, 0.3) is 0 Å². The van der Waals surface area contributed by atoms with Gasteiger partial charge in [0, 0.05) is 22.3 Å². The minimum atomic E-state index is -0.729. The van der Waals surface area contributed by atoms with E-state index in [1.54, 1.807) is 18.2 Å². The molecule has 0 heterocycles. The molecule has 0 fully saturated rings. The maximum absolute atomic E-state index is 9.81. The third-order valence-corrected chi connectivity index (χ3v) is 2.55. The van der Waals surface area contributed by atoms with Crippen LogP contribution in [-0.2, 0) is 0 Å². The fourth-order valence-electron chi connectivity index (χ4n) is 1.24. The molecule has 1 rings (SSSR count). The molecule has 14 heavy (non-hydrogen) atoms. The Kier molecular flexibility index (Phi) is 3.75. The molecule has 5 N–H and O–H groups in total. The highest BCUT2D eigenvalue weighted by Gasteiger charge is 2.17. The second kappa shape index (κ2) is 4.64. The number of aliphatic hydroxyl groups is 1. The zero-order valence-corrected chi connectivity index (χ0v) is 8.83. The maximum atomic E-state index is 9.81. The Bertz CT molecular complexity index is 317. The highest BCUT2D eigenvalue weighted by Crippen LogP contribution is 2.27. The number of hydrogen-bond acceptors (Lipinski definition) is 3. The lowest BCUT2D eigenvalue weighted by Crippen LogP contribution is -2.27. The lowest BCUT2D eigenvalue weighted by Gasteiger charge is -2.18. The van der Waals surface area contributed by atoms with Crippen molar-refractivity contribution in [3.8, 4) is 0 Å². The molecule has 0 aliphatic carbocycles. The molecule has 0 spiro atoms. The number of nitrogens with two attached hydrogens (primary N) is 2. The van der Waals surface area contributed by atoms with Gasteiger partial charge in [0.05, 0.1) is 6.10 Å². The number of rotatable bonds is 3. The van der Waals surface area contributed by atoms with E-state index in [0.29, 0.717) is 22.7 Å². The molecule has 2 atom stereocenters. The van der Waals surface area contributed by atoms with E-state index in [0.717, 1.165) is 0 Å². The first-order valence-electron chi connectivity index (χ1n) is 4.54. The summed E-state index contributed by atoms with van der Waals surface area (Å²) in [6.07, 6.45) is -0.0323. The van der Waals surface area contributed by atoms with Gasteiger partial charge in [-0.25, -0.2) is 0 Å². The lowest BCUT2D eigenvalue weighted by molar-refractivity contribution is 0.144. The zero-order valence-electron chi connectivity index (χ0n) is 8.07. The van der Waals surface area contributed by atoms with Crippen LogP contribution in [0.3, 0.4) is 0 Å². The highest BCUT2D eigenvalue weighted by atomic mass is 35.5. The summed E-state index contributed by atoms with van der Waals surface area (Å²) in [6, 6.07) is 4.73. The fraction of sp³-hybridized carbons (Fsp3) is 0.400. The van der Waals surface area contributed by atoms with Gasteiger partial charge in [0.25, 0.3) is 0 Å². The van der Waals surface area contributed by atoms with Crippen molar-refractivity contribution in [1.29, 1.82) is 0 Å². The summed E-state index contributed by atoms with van der Waals surface area (Å²) < 4.78 is 0. The van der Waals surface area contributed by atoms with E-state index in [-0.39, 0.29) is 6.04 Å². The standard InChI is InChI=1S/C10H15ClN2O/c1-2-9(13)10(14)7-4-3-6(12)5-8(7)11/h3-5,9-10,14H,2,12-13H2,1H3. The van der Waals surface area contributed by atoms with Crippen LogP contribution >= 0.6 is 11.6 Å². The van der Waals surface area contributed by atoms with Crippen LogP contribution < -0.4 is 11.5 Å². The molecule has 0 saturated heterocycles. The van der Waals surface area contributed by atoms with Crippen LogP contribution in [0.15, 0.2) is 18.2 Å². The predicted octanol–water partition coefficient (Wildman–Crippen LogP) is 1.69. The van der Waals surface area contributed by atoms with Crippen molar-refractivity contribution in [2.24, 2.45) is 5.73 Å². The van der Waals surface area contributed by atoms with Crippen molar-refractivity contribution in [3.05, 3.63) is 28.8 Å². The molecular formula is C10H15ClN2O. The SMILES string of the molecule is CCC(N)C(O)c1ccc(N)cc1Cl. The average Bonchev–Trinajstić information content (AvgIpc) is 2.15. The summed E-state index contributed by atoms with van der Waals surface area (Å²) in [5.74, 6) is 0. The van der Waals surface area contributed by atoms with Gasteiger partial charge in [-0.3, -0.25) is 0 Å². The van der Waals surface area contributed by atoms with E-state index >= 15 is 0 Å². The normalized spacial score (nSPS) is 15.1. The zero-order chi connectivity index (χ0) is 10.7. The molecular weight excluding hydrogens is 200 g/mol. The van der Waals surface area contributed by atoms with Crippen LogP contribution in [-0.4, -0.2) is 11.1 Å². The van der Waals surface area contributed by atoms with Crippen molar-refractivity contribution in [1.82, 2.24) is 0 Å². The van der Waals surface area contributed by atoms with E-state index in [9.17, 15) is 5.11 Å². The lowest BCUT2D eigenvalue weighted by atomic mass is 10.0. The largest absolute Gasteiger partial charge is 0.399 e. The number of nitrogen functional groups attached to an aromatic ring is 1. The van der Waals surface area contributed by atoms with Gasteiger partial charge in [0.2, 0.25) is 0 Å². The number of halogens is 1. The second-order valence-corrected chi connectivity index (χ2v) is 3.71. The van der Waals surface area contributed by atoms with Gasteiger partial charge >= 0.3 is 0 Å². The van der Waals surface area contributed by atoms with Crippen LogP contribution in [0.4, 0.5) is 5.69 Å². The molecule has 0 amide bonds. The highest BCUT2D eigenvalue weighted by molar-refractivity contribution is 6.31. The molecule has 3 nitrogen and oxygen atoms in total. The Hall–Kier alpha value is -0.770. The first-order valence-corrected chi connectivity index (χ1v) is 4.92. The minimum absolute atomic E-state index is 0.295.